The number of ketones is 4. The van der Waals surface area contributed by atoms with Crippen LogP contribution in [0.5, 0.6) is 11.5 Å². The summed E-state index contributed by atoms with van der Waals surface area (Å²) in [5, 5.41) is 180. The highest BCUT2D eigenvalue weighted by atomic mass is 16.6. The van der Waals surface area contributed by atoms with Crippen LogP contribution >= 0.6 is 0 Å². The molecular formula is C43H48O23. The molecule has 0 radical (unpaired) electrons. The minimum absolute atomic E-state index is 0.136. The molecule has 66 heavy (non-hydrogen) atoms. The second-order valence-electron chi connectivity index (χ2n) is 15.0. The Labute approximate surface area is 372 Å². The molecule has 4 rings (SSSR count). The Kier molecular flexibility index (Phi) is 17.4. The number of aliphatic hydroxyl groups excluding tert-OH is 13. The van der Waals surface area contributed by atoms with Gasteiger partial charge in [-0.2, -0.15) is 0 Å². The van der Waals surface area contributed by atoms with Gasteiger partial charge in [0, 0.05) is 12.2 Å². The van der Waals surface area contributed by atoms with Crippen molar-refractivity contribution in [2.45, 2.75) is 78.3 Å². The molecule has 23 nitrogen and oxygen atoms in total. The lowest BCUT2D eigenvalue weighted by atomic mass is 9.73. The third kappa shape index (κ3) is 10.8. The van der Waals surface area contributed by atoms with E-state index in [1.807, 2.05) is 0 Å². The summed E-state index contributed by atoms with van der Waals surface area (Å²) in [5.74, 6) is -11.0. The first kappa shape index (κ1) is 52.5. The van der Waals surface area contributed by atoms with Crippen molar-refractivity contribution in [3.8, 4) is 11.5 Å². The summed E-state index contributed by atoms with van der Waals surface area (Å²) in [4.78, 5) is 56.7. The van der Waals surface area contributed by atoms with Crippen LogP contribution in [0.3, 0.4) is 0 Å². The first-order valence-electron chi connectivity index (χ1n) is 19.4. The van der Waals surface area contributed by atoms with E-state index in [2.05, 4.69) is 0 Å². The van der Waals surface area contributed by atoms with Gasteiger partial charge in [-0.15, -0.1) is 0 Å². The fraction of sp³-hybridized carbons (Fsp3) is 0.349. The lowest BCUT2D eigenvalue weighted by Crippen LogP contribution is -2.70. The number of hydrogen-bond acceptors (Lipinski definition) is 23. The van der Waals surface area contributed by atoms with Gasteiger partial charge in [0.1, 0.15) is 90.2 Å². The number of hydrogen-bond donors (Lipinski definition) is 17. The first-order chi connectivity index (χ1) is 31.0. The molecule has 2 aliphatic rings. The highest BCUT2D eigenvalue weighted by Crippen LogP contribution is 2.37. The van der Waals surface area contributed by atoms with Gasteiger partial charge in [0.2, 0.25) is 34.3 Å². The predicted molar refractivity (Wildman–Crippen MR) is 221 cm³/mol. The molecule has 2 saturated heterocycles. The van der Waals surface area contributed by atoms with Crippen LogP contribution in [0.25, 0.3) is 12.2 Å². The lowest BCUT2D eigenvalue weighted by Gasteiger charge is -2.46. The van der Waals surface area contributed by atoms with Crippen molar-refractivity contribution in [2.75, 3.05) is 13.2 Å². The smallest absolute Gasteiger partial charge is 0.219 e. The lowest BCUT2D eigenvalue weighted by molar-refractivity contribution is -0.260. The van der Waals surface area contributed by atoms with Crippen LogP contribution in [0.15, 0.2) is 108 Å². The Morgan fingerprint density at radius 2 is 0.879 bits per heavy atom. The second kappa shape index (κ2) is 21.9. The molecule has 0 aromatic heterocycles. The number of Topliss-reactive ketones (excluding diaryl/α,β-unsaturated/α-hetero) is 2. The van der Waals surface area contributed by atoms with Crippen LogP contribution in [0.1, 0.15) is 11.1 Å². The summed E-state index contributed by atoms with van der Waals surface area (Å²) in [5.41, 5.74) is -11.1. The minimum Gasteiger partial charge on any atom is -0.515 e. The highest BCUT2D eigenvalue weighted by molar-refractivity contribution is 6.24. The van der Waals surface area contributed by atoms with Crippen molar-refractivity contribution in [1.29, 1.82) is 0 Å². The molecule has 0 amide bonds. The Morgan fingerprint density at radius 1 is 0.561 bits per heavy atom. The molecule has 358 valence electrons. The number of ether oxygens (including phenoxy) is 2. The van der Waals surface area contributed by atoms with E-state index < -0.39 is 150 Å². The van der Waals surface area contributed by atoms with Crippen LogP contribution in [0.4, 0.5) is 0 Å². The number of benzene rings is 2. The number of aliphatic hydroxyl groups is 15. The van der Waals surface area contributed by atoms with Crippen molar-refractivity contribution in [3.63, 3.8) is 0 Å². The van der Waals surface area contributed by atoms with E-state index in [1.165, 1.54) is 48.5 Å². The quantitative estimate of drug-likeness (QED) is 0.0297. The largest absolute Gasteiger partial charge is 0.515 e. The predicted octanol–water partition coefficient (Wildman–Crippen LogP) is -3.62. The van der Waals surface area contributed by atoms with E-state index in [9.17, 15) is 106 Å². The summed E-state index contributed by atoms with van der Waals surface area (Å²) >= 11 is 0. The summed E-state index contributed by atoms with van der Waals surface area (Å²) in [6.07, 6.45) is -23.9. The van der Waals surface area contributed by atoms with Crippen LogP contribution in [0, 0.1) is 0 Å². The van der Waals surface area contributed by atoms with Crippen LogP contribution in [-0.2, 0) is 28.7 Å². The maximum absolute atomic E-state index is 14.4. The summed E-state index contributed by atoms with van der Waals surface area (Å²) < 4.78 is 10.5. The fourth-order valence-electron chi connectivity index (χ4n) is 6.89. The Morgan fingerprint density at radius 3 is 1.17 bits per heavy atom. The zero-order valence-corrected chi connectivity index (χ0v) is 34.1. The molecule has 0 saturated carbocycles. The average Bonchev–Trinajstić information content (AvgIpc) is 3.29. The number of carbonyl (C=O) groups excluding carboxylic acids is 4. The van der Waals surface area contributed by atoms with Crippen LogP contribution in [-0.4, -0.2) is 202 Å². The minimum atomic E-state index is -4.10. The number of phenolic OH excluding ortho intramolecular Hbond substituents is 2. The van der Waals surface area contributed by atoms with Crippen LogP contribution < -0.4 is 0 Å². The molecule has 2 aromatic carbocycles. The number of carbonyl (C=O) groups is 4. The topological polar surface area (TPSA) is 431 Å². The molecule has 2 aliphatic heterocycles. The molecule has 0 aliphatic carbocycles. The zero-order chi connectivity index (χ0) is 49.4. The summed E-state index contributed by atoms with van der Waals surface area (Å²) in [6, 6.07) is 10.4. The zero-order valence-electron chi connectivity index (χ0n) is 34.1. The van der Waals surface area contributed by atoms with Gasteiger partial charge in [-0.1, -0.05) is 36.4 Å². The normalized spacial score (nSPS) is 29.3. The maximum atomic E-state index is 14.4. The molecule has 17 N–H and O–H groups in total. The molecule has 13 atom stereocenters. The van der Waals surface area contributed by atoms with Crippen molar-refractivity contribution in [1.82, 2.24) is 0 Å². The SMILES string of the molecule is O=C(/C=C(O)/C=C/c1ccc(O)cc1)C(O)(C(=O)/C(=C/O)C(O)/C(=C/O)C(=O)C(O)(C(=O)/C=C(O)\C=C\c1ccc(O)cc1)[C@@H]1O[C@H](CO)[C@@H](O)[C@H](O)[C@H]1O)[C@@H]1O[C@H](CO)[C@@H](O)[C@H](O)[C@H]1O. The van der Waals surface area contributed by atoms with Gasteiger partial charge in [-0.05, 0) is 47.5 Å². The van der Waals surface area contributed by atoms with Crippen molar-refractivity contribution >= 4 is 35.3 Å². The molecule has 23 heteroatoms. The van der Waals surface area contributed by atoms with Crippen molar-refractivity contribution in [3.05, 3.63) is 119 Å². The molecule has 0 spiro atoms. The first-order valence-corrected chi connectivity index (χ1v) is 19.4. The van der Waals surface area contributed by atoms with E-state index >= 15 is 0 Å². The average molecular weight is 933 g/mol. The molecule has 2 heterocycles. The van der Waals surface area contributed by atoms with E-state index in [0.29, 0.717) is 11.1 Å². The van der Waals surface area contributed by atoms with E-state index in [0.717, 1.165) is 24.3 Å². The van der Waals surface area contributed by atoms with Crippen molar-refractivity contribution in [2.24, 2.45) is 0 Å². The Balaban J connectivity index is 1.84. The van der Waals surface area contributed by atoms with Gasteiger partial charge in [-0.3, -0.25) is 19.2 Å². The Bertz CT molecular complexity index is 2100. The summed E-state index contributed by atoms with van der Waals surface area (Å²) in [6.45, 7) is -2.43. The third-order valence-corrected chi connectivity index (χ3v) is 10.7. The van der Waals surface area contributed by atoms with Crippen molar-refractivity contribution < 1.29 is 115 Å². The molecule has 2 fully saturated rings. The van der Waals surface area contributed by atoms with Gasteiger partial charge in [0.15, 0.2) is 0 Å². The van der Waals surface area contributed by atoms with Gasteiger partial charge < -0.3 is 96.3 Å². The maximum Gasteiger partial charge on any atom is 0.219 e. The number of aromatic hydroxyl groups is 2. The van der Waals surface area contributed by atoms with Gasteiger partial charge in [0.25, 0.3) is 0 Å². The van der Waals surface area contributed by atoms with E-state index in [1.54, 1.807) is 0 Å². The monoisotopic (exact) mass is 932 g/mol. The molecule has 3 unspecified atom stereocenters. The van der Waals surface area contributed by atoms with Gasteiger partial charge in [0.05, 0.1) is 36.9 Å². The fourth-order valence-corrected chi connectivity index (χ4v) is 6.89. The third-order valence-electron chi connectivity index (χ3n) is 10.7. The number of rotatable bonds is 18. The van der Waals surface area contributed by atoms with Gasteiger partial charge >= 0.3 is 0 Å². The second-order valence-corrected chi connectivity index (χ2v) is 15.0. The van der Waals surface area contributed by atoms with Crippen LogP contribution in [0.2, 0.25) is 0 Å². The van der Waals surface area contributed by atoms with Gasteiger partial charge in [-0.25, -0.2) is 0 Å². The number of phenols is 2. The summed E-state index contributed by atoms with van der Waals surface area (Å²) in [7, 11) is 0. The molecular weight excluding hydrogens is 884 g/mol. The molecule has 2 aromatic rings. The number of allylic oxidation sites excluding steroid dienone is 2. The highest BCUT2D eigenvalue weighted by Gasteiger charge is 2.63. The molecule has 0 bridgehead atoms. The van der Waals surface area contributed by atoms with E-state index in [-0.39, 0.29) is 23.7 Å². The van der Waals surface area contributed by atoms with E-state index in [4.69, 9.17) is 9.47 Å². The standard InChI is InChI=1S/C43H48O23/c44-15-25(38(61)42(63,40-36(59)34(57)32(55)27(17-46)65-40)29(52)13-23(50)11-5-19-1-7-21(48)8-2-19)31(54)26(16-45)39(62)43(64,41-37(60)35(58)33(56)28(18-47)66-41)30(53)14-24(51)12-6-20-3-9-22(49)10-4-20/h1-16,27-28,31-37,40-41,44-51,54-60,63-64H,17-18H2/b11-5+,12-6+,23-13-,24-14+,25-15+,26-16-/t27-,28-,31?,32-,33-,34+,35+,36-,37-,40-,41-,42?,43?/m1/s1. The Hall–Kier alpha value is -6.16.